The molecule has 0 aliphatic carbocycles. The van der Waals surface area contributed by atoms with Crippen LogP contribution in [-0.2, 0) is 0 Å². The van der Waals surface area contributed by atoms with E-state index in [2.05, 4.69) is 15.3 Å². The summed E-state index contributed by atoms with van der Waals surface area (Å²) in [7, 11) is 0. The molecule has 3 aromatic rings. The number of nitrogens with zero attached hydrogens (tertiary/aromatic N) is 2. The molecule has 2 aromatic carbocycles. The van der Waals surface area contributed by atoms with Crippen LogP contribution in [0, 0.1) is 0 Å². The number of benzene rings is 2. The van der Waals surface area contributed by atoms with Gasteiger partial charge in [0.05, 0.1) is 11.0 Å². The van der Waals surface area contributed by atoms with Gasteiger partial charge in [-0.15, -0.1) is 0 Å². The molecule has 5 heteroatoms. The number of rotatable bonds is 2. The highest BCUT2D eigenvalue weighted by Crippen LogP contribution is 2.17. The summed E-state index contributed by atoms with van der Waals surface area (Å²) in [6, 6.07) is 11.5. The van der Waals surface area contributed by atoms with Crippen molar-refractivity contribution < 1.29 is 9.90 Å². The molecule has 3 rings (SSSR count). The van der Waals surface area contributed by atoms with Crippen molar-refractivity contribution in [1.82, 2.24) is 9.97 Å². The first-order valence-corrected chi connectivity index (χ1v) is 6.03. The van der Waals surface area contributed by atoms with Crippen LogP contribution in [0.3, 0.4) is 0 Å². The van der Waals surface area contributed by atoms with Crippen molar-refractivity contribution in [2.45, 2.75) is 0 Å². The first kappa shape index (κ1) is 12.1. The van der Waals surface area contributed by atoms with Crippen molar-refractivity contribution in [3.05, 3.63) is 60.4 Å². The van der Waals surface area contributed by atoms with Crippen LogP contribution < -0.4 is 5.32 Å². The molecular formula is C15H11N3O2. The van der Waals surface area contributed by atoms with Crippen molar-refractivity contribution in [2.75, 3.05) is 5.32 Å². The van der Waals surface area contributed by atoms with Gasteiger partial charge in [-0.25, -0.2) is 0 Å². The van der Waals surface area contributed by atoms with Crippen molar-refractivity contribution in [3.63, 3.8) is 0 Å². The van der Waals surface area contributed by atoms with E-state index in [-0.39, 0.29) is 11.7 Å². The molecule has 0 saturated carbocycles. The lowest BCUT2D eigenvalue weighted by Gasteiger charge is -2.06. The molecule has 0 aliphatic rings. The van der Waals surface area contributed by atoms with Crippen molar-refractivity contribution in [1.29, 1.82) is 0 Å². The minimum atomic E-state index is -0.261. The number of hydrogen-bond donors (Lipinski definition) is 2. The smallest absolute Gasteiger partial charge is 0.255 e. The predicted octanol–water partition coefficient (Wildman–Crippen LogP) is 2.59. The minimum absolute atomic E-state index is 0.104. The van der Waals surface area contributed by atoms with E-state index in [4.69, 9.17) is 0 Å². The van der Waals surface area contributed by atoms with Gasteiger partial charge in [-0.2, -0.15) is 0 Å². The largest absolute Gasteiger partial charge is 0.508 e. The number of phenolic OH excluding ortho intramolecular Hbond substituents is 1. The number of aromatic nitrogens is 2. The minimum Gasteiger partial charge on any atom is -0.508 e. The van der Waals surface area contributed by atoms with Gasteiger partial charge < -0.3 is 10.4 Å². The van der Waals surface area contributed by atoms with Crippen LogP contribution in [-0.4, -0.2) is 21.0 Å². The lowest BCUT2D eigenvalue weighted by molar-refractivity contribution is 0.102. The van der Waals surface area contributed by atoms with Crippen LogP contribution in [0.5, 0.6) is 5.75 Å². The number of carbonyl (C=O) groups is 1. The molecule has 1 heterocycles. The highest BCUT2D eigenvalue weighted by molar-refractivity contribution is 6.05. The third-order valence-corrected chi connectivity index (χ3v) is 2.84. The molecule has 5 nitrogen and oxygen atoms in total. The average molecular weight is 265 g/mol. The van der Waals surface area contributed by atoms with Crippen LogP contribution in [0.1, 0.15) is 10.4 Å². The van der Waals surface area contributed by atoms with Crippen LogP contribution in [0.15, 0.2) is 54.9 Å². The topological polar surface area (TPSA) is 75.1 Å². The van der Waals surface area contributed by atoms with Gasteiger partial charge in [0.1, 0.15) is 5.75 Å². The van der Waals surface area contributed by atoms with Gasteiger partial charge in [-0.3, -0.25) is 14.8 Å². The Labute approximate surface area is 114 Å². The fourth-order valence-electron chi connectivity index (χ4n) is 1.89. The summed E-state index contributed by atoms with van der Waals surface area (Å²) in [6.07, 6.45) is 3.19. The van der Waals surface area contributed by atoms with Crippen molar-refractivity contribution >= 4 is 22.6 Å². The predicted molar refractivity (Wildman–Crippen MR) is 75.6 cm³/mol. The van der Waals surface area contributed by atoms with E-state index in [1.165, 1.54) is 6.07 Å². The molecule has 1 amide bonds. The summed E-state index contributed by atoms with van der Waals surface area (Å²) in [5, 5.41) is 12.1. The zero-order valence-electron chi connectivity index (χ0n) is 10.4. The van der Waals surface area contributed by atoms with Gasteiger partial charge >= 0.3 is 0 Å². The molecular weight excluding hydrogens is 254 g/mol. The summed E-state index contributed by atoms with van der Waals surface area (Å²) in [5.41, 5.74) is 2.42. The SMILES string of the molecule is O=C(Nc1cccc(O)c1)c1ccc2nccnc2c1. The molecule has 0 aliphatic heterocycles. The Kier molecular flexibility index (Phi) is 3.01. The van der Waals surface area contributed by atoms with Crippen LogP contribution in [0.2, 0.25) is 0 Å². The Bertz CT molecular complexity index is 787. The number of amides is 1. The lowest BCUT2D eigenvalue weighted by Crippen LogP contribution is -2.11. The molecule has 20 heavy (non-hydrogen) atoms. The van der Waals surface area contributed by atoms with Crippen LogP contribution in [0.4, 0.5) is 5.69 Å². The Morgan fingerprint density at radius 1 is 1.00 bits per heavy atom. The highest BCUT2D eigenvalue weighted by Gasteiger charge is 2.08. The quantitative estimate of drug-likeness (QED) is 0.746. The van der Waals surface area contributed by atoms with E-state index in [1.807, 2.05) is 0 Å². The standard InChI is InChI=1S/C15H11N3O2/c19-12-3-1-2-11(9-12)18-15(20)10-4-5-13-14(8-10)17-7-6-16-13/h1-9,19H,(H,18,20). The number of hydrogen-bond acceptors (Lipinski definition) is 4. The first-order chi connectivity index (χ1) is 9.72. The van der Waals surface area contributed by atoms with E-state index < -0.39 is 0 Å². The summed E-state index contributed by atoms with van der Waals surface area (Å²) in [4.78, 5) is 20.4. The van der Waals surface area contributed by atoms with Crippen molar-refractivity contribution in [3.8, 4) is 5.75 Å². The lowest BCUT2D eigenvalue weighted by atomic mass is 10.1. The molecule has 1 aromatic heterocycles. The molecule has 0 radical (unpaired) electrons. The van der Waals surface area contributed by atoms with E-state index >= 15 is 0 Å². The second-order valence-electron chi connectivity index (χ2n) is 4.26. The molecule has 0 bridgehead atoms. The monoisotopic (exact) mass is 265 g/mol. The number of aromatic hydroxyl groups is 1. The molecule has 0 atom stereocenters. The number of nitrogens with one attached hydrogen (secondary N) is 1. The Balaban J connectivity index is 1.88. The summed E-state index contributed by atoms with van der Waals surface area (Å²) < 4.78 is 0. The molecule has 0 unspecified atom stereocenters. The normalized spacial score (nSPS) is 10.4. The van der Waals surface area contributed by atoms with Crippen LogP contribution in [0.25, 0.3) is 11.0 Å². The van der Waals surface area contributed by atoms with Crippen LogP contribution >= 0.6 is 0 Å². The number of anilines is 1. The molecule has 0 spiro atoms. The number of carbonyl (C=O) groups excluding carboxylic acids is 1. The summed E-state index contributed by atoms with van der Waals surface area (Å²) in [5.74, 6) is -0.157. The second-order valence-corrected chi connectivity index (χ2v) is 4.26. The average Bonchev–Trinajstić information content (AvgIpc) is 2.47. The first-order valence-electron chi connectivity index (χ1n) is 6.03. The van der Waals surface area contributed by atoms with Gasteiger partial charge in [0, 0.05) is 29.7 Å². The Morgan fingerprint density at radius 2 is 1.80 bits per heavy atom. The molecule has 2 N–H and O–H groups in total. The fraction of sp³-hybridized carbons (Fsp3) is 0. The Hall–Kier alpha value is -2.95. The van der Waals surface area contributed by atoms with Gasteiger partial charge in [-0.1, -0.05) is 6.07 Å². The third-order valence-electron chi connectivity index (χ3n) is 2.84. The highest BCUT2D eigenvalue weighted by atomic mass is 16.3. The Morgan fingerprint density at radius 3 is 2.60 bits per heavy atom. The van der Waals surface area contributed by atoms with Gasteiger partial charge in [0.15, 0.2) is 0 Å². The van der Waals surface area contributed by atoms with E-state index in [9.17, 15) is 9.90 Å². The number of fused-ring (bicyclic) bond motifs is 1. The van der Waals surface area contributed by atoms with Gasteiger partial charge in [-0.05, 0) is 30.3 Å². The van der Waals surface area contributed by atoms with Gasteiger partial charge in [0.2, 0.25) is 0 Å². The summed E-state index contributed by atoms with van der Waals surface area (Å²) in [6.45, 7) is 0. The summed E-state index contributed by atoms with van der Waals surface area (Å²) >= 11 is 0. The van der Waals surface area contributed by atoms with E-state index in [1.54, 1.807) is 48.8 Å². The zero-order valence-corrected chi connectivity index (χ0v) is 10.4. The maximum Gasteiger partial charge on any atom is 0.255 e. The fourth-order valence-corrected chi connectivity index (χ4v) is 1.89. The molecule has 98 valence electrons. The van der Waals surface area contributed by atoms with Crippen molar-refractivity contribution in [2.24, 2.45) is 0 Å². The third kappa shape index (κ3) is 2.42. The number of phenols is 1. The van der Waals surface area contributed by atoms with Gasteiger partial charge in [0.25, 0.3) is 5.91 Å². The second kappa shape index (κ2) is 4.97. The molecule has 0 saturated heterocycles. The molecule has 0 fully saturated rings. The maximum absolute atomic E-state index is 12.1. The zero-order chi connectivity index (χ0) is 13.9. The maximum atomic E-state index is 12.1. The van der Waals surface area contributed by atoms with E-state index in [0.717, 1.165) is 5.52 Å². The van der Waals surface area contributed by atoms with E-state index in [0.29, 0.717) is 16.8 Å².